The number of β-amino-alcohol motifs (C(OH)–C–C–N with tert-alkyl or cyclic N) is 1. The smallest absolute Gasteiger partial charge is 0.253 e. The van der Waals surface area contributed by atoms with E-state index in [0.29, 0.717) is 50.9 Å². The fourth-order valence-electron chi connectivity index (χ4n) is 3.57. The molecule has 1 saturated carbocycles. The van der Waals surface area contributed by atoms with E-state index in [4.69, 9.17) is 9.47 Å². The first-order valence-corrected chi connectivity index (χ1v) is 10.3. The highest BCUT2D eigenvalue weighted by Gasteiger charge is 2.31. The molecule has 7 heteroatoms. The maximum Gasteiger partial charge on any atom is 0.253 e. The van der Waals surface area contributed by atoms with Crippen molar-refractivity contribution in [2.45, 2.75) is 25.0 Å². The van der Waals surface area contributed by atoms with Crippen LogP contribution in [0.1, 0.15) is 23.2 Å². The molecular weight excluding hydrogens is 375 g/mol. The van der Waals surface area contributed by atoms with Crippen molar-refractivity contribution in [2.75, 3.05) is 52.5 Å². The molecule has 29 heavy (non-hydrogen) atoms. The van der Waals surface area contributed by atoms with Crippen LogP contribution in [0.4, 0.5) is 4.39 Å². The van der Waals surface area contributed by atoms with E-state index in [9.17, 15) is 14.3 Å². The minimum atomic E-state index is -0.572. The van der Waals surface area contributed by atoms with Gasteiger partial charge in [-0.2, -0.15) is 0 Å². The lowest BCUT2D eigenvalue weighted by Gasteiger charge is -2.36. The van der Waals surface area contributed by atoms with Crippen LogP contribution in [0.5, 0.6) is 0 Å². The Labute approximate surface area is 171 Å². The van der Waals surface area contributed by atoms with Gasteiger partial charge in [0.1, 0.15) is 5.82 Å². The zero-order chi connectivity index (χ0) is 20.6. The average molecular weight is 406 g/mol. The summed E-state index contributed by atoms with van der Waals surface area (Å²) < 4.78 is 24.4. The number of aliphatic hydroxyl groups is 1. The summed E-state index contributed by atoms with van der Waals surface area (Å²) in [5.41, 5.74) is 0.495. The molecule has 0 bridgehead atoms. The maximum atomic E-state index is 13.2. The minimum Gasteiger partial charge on any atom is -0.389 e. The summed E-state index contributed by atoms with van der Waals surface area (Å²) in [6, 6.07) is 5.70. The van der Waals surface area contributed by atoms with E-state index in [0.717, 1.165) is 19.4 Å². The first kappa shape index (κ1) is 21.9. The number of rotatable bonds is 11. The Morgan fingerprint density at radius 3 is 2.83 bits per heavy atom. The molecule has 1 saturated heterocycles. The summed E-state index contributed by atoms with van der Waals surface area (Å²) in [7, 11) is 0. The third-order valence-corrected chi connectivity index (χ3v) is 5.22. The van der Waals surface area contributed by atoms with Gasteiger partial charge in [-0.05, 0) is 43.0 Å². The molecule has 0 spiro atoms. The molecule has 1 heterocycles. The standard InChI is InChI=1S/C22H31FN2O4/c1-2-10-28-16-20(26)13-24-9-11-29-21(14-24)15-25(12-17-3-4-17)22(27)18-5-7-19(23)8-6-18/h2,5-8,17,20-21,26H,1,3-4,9-16H2/t20-,21+/m1/s1. The highest BCUT2D eigenvalue weighted by Crippen LogP contribution is 2.30. The van der Waals surface area contributed by atoms with Gasteiger partial charge in [0.15, 0.2) is 0 Å². The number of halogens is 1. The predicted octanol–water partition coefficient (Wildman–Crippen LogP) is 1.94. The summed E-state index contributed by atoms with van der Waals surface area (Å²) in [6.07, 6.45) is 3.25. The Morgan fingerprint density at radius 1 is 1.38 bits per heavy atom. The normalized spacial score (nSPS) is 21.0. The van der Waals surface area contributed by atoms with E-state index < -0.39 is 6.10 Å². The number of benzene rings is 1. The number of amides is 1. The Morgan fingerprint density at radius 2 is 2.14 bits per heavy atom. The van der Waals surface area contributed by atoms with E-state index in [1.165, 1.54) is 24.3 Å². The van der Waals surface area contributed by atoms with Crippen LogP contribution in [0.25, 0.3) is 0 Å². The summed E-state index contributed by atoms with van der Waals surface area (Å²) in [6.45, 7) is 7.93. The number of carbonyl (C=O) groups is 1. The third kappa shape index (κ3) is 7.19. The van der Waals surface area contributed by atoms with Crippen LogP contribution in [-0.2, 0) is 9.47 Å². The molecule has 2 fully saturated rings. The first-order valence-electron chi connectivity index (χ1n) is 10.3. The number of nitrogens with zero attached hydrogens (tertiary/aromatic N) is 2. The van der Waals surface area contributed by atoms with Crippen LogP contribution in [0, 0.1) is 11.7 Å². The van der Waals surface area contributed by atoms with Crippen molar-refractivity contribution in [3.05, 3.63) is 48.3 Å². The third-order valence-electron chi connectivity index (χ3n) is 5.22. The van der Waals surface area contributed by atoms with Gasteiger partial charge in [0.25, 0.3) is 5.91 Å². The molecule has 3 rings (SSSR count). The van der Waals surface area contributed by atoms with Crippen molar-refractivity contribution in [2.24, 2.45) is 5.92 Å². The number of morpholine rings is 1. The largest absolute Gasteiger partial charge is 0.389 e. The molecule has 1 amide bonds. The lowest BCUT2D eigenvalue weighted by Crippen LogP contribution is -2.51. The molecule has 2 atom stereocenters. The van der Waals surface area contributed by atoms with Crippen LogP contribution >= 0.6 is 0 Å². The zero-order valence-corrected chi connectivity index (χ0v) is 16.8. The quantitative estimate of drug-likeness (QED) is 0.450. The summed E-state index contributed by atoms with van der Waals surface area (Å²) >= 11 is 0. The molecule has 160 valence electrons. The first-order chi connectivity index (χ1) is 14.0. The monoisotopic (exact) mass is 406 g/mol. The van der Waals surface area contributed by atoms with Crippen molar-refractivity contribution in [3.63, 3.8) is 0 Å². The number of aliphatic hydroxyl groups excluding tert-OH is 1. The number of hydrogen-bond acceptors (Lipinski definition) is 5. The minimum absolute atomic E-state index is 0.0875. The van der Waals surface area contributed by atoms with Gasteiger partial charge in [-0.25, -0.2) is 4.39 Å². The second-order valence-electron chi connectivity index (χ2n) is 7.89. The van der Waals surface area contributed by atoms with E-state index >= 15 is 0 Å². The van der Waals surface area contributed by atoms with Crippen molar-refractivity contribution in [1.29, 1.82) is 0 Å². The van der Waals surface area contributed by atoms with Crippen LogP contribution in [0.15, 0.2) is 36.9 Å². The van der Waals surface area contributed by atoms with Crippen LogP contribution in [-0.4, -0.2) is 85.6 Å². The van der Waals surface area contributed by atoms with Gasteiger partial charge in [-0.15, -0.1) is 6.58 Å². The summed E-state index contributed by atoms with van der Waals surface area (Å²) in [4.78, 5) is 17.0. The highest BCUT2D eigenvalue weighted by atomic mass is 19.1. The van der Waals surface area contributed by atoms with E-state index in [1.807, 2.05) is 4.90 Å². The predicted molar refractivity (Wildman–Crippen MR) is 108 cm³/mol. The van der Waals surface area contributed by atoms with Gasteiger partial charge in [0, 0.05) is 38.3 Å². The van der Waals surface area contributed by atoms with Crippen molar-refractivity contribution in [3.8, 4) is 0 Å². The molecule has 1 aliphatic carbocycles. The number of hydrogen-bond donors (Lipinski definition) is 1. The van der Waals surface area contributed by atoms with E-state index in [-0.39, 0.29) is 24.4 Å². The van der Waals surface area contributed by atoms with Gasteiger partial charge < -0.3 is 19.5 Å². The topological polar surface area (TPSA) is 62.2 Å². The van der Waals surface area contributed by atoms with Gasteiger partial charge in [-0.1, -0.05) is 6.08 Å². The van der Waals surface area contributed by atoms with E-state index in [1.54, 1.807) is 6.08 Å². The lowest BCUT2D eigenvalue weighted by atomic mass is 10.1. The van der Waals surface area contributed by atoms with Gasteiger partial charge in [-0.3, -0.25) is 9.69 Å². The molecule has 2 aliphatic rings. The van der Waals surface area contributed by atoms with Crippen molar-refractivity contribution in [1.82, 2.24) is 9.80 Å². The van der Waals surface area contributed by atoms with Gasteiger partial charge >= 0.3 is 0 Å². The Kier molecular flexibility index (Phi) is 8.18. The fraction of sp³-hybridized carbons (Fsp3) is 0.591. The lowest BCUT2D eigenvalue weighted by molar-refractivity contribution is -0.0578. The number of ether oxygens (including phenoxy) is 2. The van der Waals surface area contributed by atoms with Crippen molar-refractivity contribution >= 4 is 5.91 Å². The molecular formula is C22H31FN2O4. The second kappa shape index (κ2) is 10.8. The van der Waals surface area contributed by atoms with Crippen LogP contribution < -0.4 is 0 Å². The fourth-order valence-corrected chi connectivity index (χ4v) is 3.57. The Hall–Kier alpha value is -1.80. The molecule has 0 radical (unpaired) electrons. The van der Waals surface area contributed by atoms with Crippen LogP contribution in [0.2, 0.25) is 0 Å². The second-order valence-corrected chi connectivity index (χ2v) is 7.89. The molecule has 6 nitrogen and oxygen atoms in total. The van der Waals surface area contributed by atoms with Gasteiger partial charge in [0.05, 0.1) is 32.0 Å². The molecule has 1 aliphatic heterocycles. The summed E-state index contributed by atoms with van der Waals surface area (Å²) in [5.74, 6) is 0.107. The summed E-state index contributed by atoms with van der Waals surface area (Å²) in [5, 5.41) is 10.1. The molecule has 0 unspecified atom stereocenters. The highest BCUT2D eigenvalue weighted by molar-refractivity contribution is 5.94. The SMILES string of the molecule is C=CCOC[C@H](O)CN1CCO[C@H](CN(CC2CC2)C(=O)c2ccc(F)cc2)C1. The molecule has 1 aromatic carbocycles. The Bertz CT molecular complexity index is 665. The number of carbonyl (C=O) groups excluding carboxylic acids is 1. The van der Waals surface area contributed by atoms with Crippen molar-refractivity contribution < 1.29 is 23.8 Å². The molecule has 1 aromatic rings. The zero-order valence-electron chi connectivity index (χ0n) is 16.8. The average Bonchev–Trinajstić information content (AvgIpc) is 3.52. The van der Waals surface area contributed by atoms with E-state index in [2.05, 4.69) is 11.5 Å². The Balaban J connectivity index is 1.54. The van der Waals surface area contributed by atoms with Crippen LogP contribution in [0.3, 0.4) is 0 Å². The van der Waals surface area contributed by atoms with Gasteiger partial charge in [0.2, 0.25) is 0 Å². The maximum absolute atomic E-state index is 13.2. The molecule has 0 aromatic heterocycles. The molecule has 1 N–H and O–H groups in total.